The van der Waals surface area contributed by atoms with Gasteiger partial charge in [-0.2, -0.15) is 8.42 Å². The lowest BCUT2D eigenvalue weighted by atomic mass is 10.1. The second-order valence-corrected chi connectivity index (χ2v) is 6.41. The van der Waals surface area contributed by atoms with Crippen molar-refractivity contribution in [3.63, 3.8) is 0 Å². The highest BCUT2D eigenvalue weighted by atomic mass is 32.2. The first-order chi connectivity index (χ1) is 11.7. The number of nitrogens with zero attached hydrogens (tertiary/aromatic N) is 4. The number of aromatic nitrogens is 4. The van der Waals surface area contributed by atoms with E-state index in [1.165, 1.54) is 7.11 Å². The van der Waals surface area contributed by atoms with E-state index in [9.17, 15) is 17.9 Å². The van der Waals surface area contributed by atoms with Crippen LogP contribution < -0.4 is 15.6 Å². The van der Waals surface area contributed by atoms with E-state index in [4.69, 9.17) is 20.3 Å². The maximum atomic E-state index is 14.5. The summed E-state index contributed by atoms with van der Waals surface area (Å²) in [5.41, 5.74) is 5.88. The van der Waals surface area contributed by atoms with Gasteiger partial charge in [-0.15, -0.1) is 5.10 Å². The van der Waals surface area contributed by atoms with Crippen LogP contribution in [0.4, 0.5) is 10.2 Å². The van der Waals surface area contributed by atoms with E-state index in [0.717, 1.165) is 11.0 Å². The highest BCUT2D eigenvalue weighted by molar-refractivity contribution is 7.84. The van der Waals surface area contributed by atoms with Crippen molar-refractivity contribution in [2.24, 2.45) is 5.14 Å². The predicted molar refractivity (Wildman–Crippen MR) is 80.2 cm³/mol. The molecule has 0 bridgehead atoms. The molecule has 25 heavy (non-hydrogen) atoms. The third-order valence-corrected chi connectivity index (χ3v) is 4.08. The Morgan fingerprint density at radius 2 is 2.20 bits per heavy atom. The van der Waals surface area contributed by atoms with Crippen LogP contribution in [-0.2, 0) is 19.2 Å². The Balaban J connectivity index is 1.94. The summed E-state index contributed by atoms with van der Waals surface area (Å²) in [6.07, 6.45) is -5.17. The number of halogens is 1. The number of fused-ring (bicyclic) bond motifs is 1. The highest BCUT2D eigenvalue weighted by Gasteiger charge is 2.47. The Kier molecular flexibility index (Phi) is 4.46. The largest absolute Gasteiger partial charge is 0.479 e. The smallest absolute Gasteiger partial charge is 0.333 e. The molecule has 0 aromatic carbocycles. The maximum Gasteiger partial charge on any atom is 0.333 e. The third-order valence-electron chi connectivity index (χ3n) is 3.61. The highest BCUT2D eigenvalue weighted by Crippen LogP contribution is 2.36. The number of anilines is 1. The third kappa shape index (κ3) is 3.21. The van der Waals surface area contributed by atoms with Crippen molar-refractivity contribution >= 4 is 27.2 Å². The first kappa shape index (κ1) is 17.7. The predicted octanol–water partition coefficient (Wildman–Crippen LogP) is -1.77. The van der Waals surface area contributed by atoms with Crippen molar-refractivity contribution in [3.05, 3.63) is 6.33 Å². The van der Waals surface area contributed by atoms with Crippen LogP contribution >= 0.6 is 0 Å². The van der Waals surface area contributed by atoms with E-state index in [2.05, 4.69) is 19.2 Å². The van der Waals surface area contributed by atoms with Crippen LogP contribution in [0.3, 0.4) is 0 Å². The van der Waals surface area contributed by atoms with Crippen LogP contribution in [-0.4, -0.2) is 65.4 Å². The number of ether oxygens (including phenoxy) is 2. The fourth-order valence-electron chi connectivity index (χ4n) is 2.48. The zero-order valence-electron chi connectivity index (χ0n) is 12.8. The average Bonchev–Trinajstić information content (AvgIpc) is 3.05. The summed E-state index contributed by atoms with van der Waals surface area (Å²) >= 11 is 0. The number of methoxy groups -OCH3 is 1. The Labute approximate surface area is 140 Å². The first-order valence-electron chi connectivity index (χ1n) is 6.90. The number of aliphatic hydroxyl groups excluding tert-OH is 1. The van der Waals surface area contributed by atoms with Crippen LogP contribution in [0.1, 0.15) is 6.23 Å². The summed E-state index contributed by atoms with van der Waals surface area (Å²) in [7, 11) is -2.94. The van der Waals surface area contributed by atoms with Crippen LogP contribution in [0.5, 0.6) is 5.88 Å². The molecule has 1 aliphatic heterocycles. The summed E-state index contributed by atoms with van der Waals surface area (Å²) in [5, 5.41) is 18.9. The maximum absolute atomic E-state index is 14.5. The SMILES string of the molecule is COc1nn([C@@H]2O[C@H](COS(N)(=O)=O)[C@@H](O)[C@@H]2F)c2ncnc(N)c12. The van der Waals surface area contributed by atoms with Gasteiger partial charge in [-0.05, 0) is 0 Å². The lowest BCUT2D eigenvalue weighted by Gasteiger charge is -2.14. The second kappa shape index (κ2) is 6.30. The molecule has 1 aliphatic rings. The molecule has 1 fully saturated rings. The summed E-state index contributed by atoms with van der Waals surface area (Å²) in [5.74, 6) is 0.110. The van der Waals surface area contributed by atoms with Crippen molar-refractivity contribution in [2.75, 3.05) is 19.5 Å². The van der Waals surface area contributed by atoms with Crippen molar-refractivity contribution in [2.45, 2.75) is 24.6 Å². The van der Waals surface area contributed by atoms with Gasteiger partial charge in [0.2, 0.25) is 5.88 Å². The van der Waals surface area contributed by atoms with Gasteiger partial charge in [-0.1, -0.05) is 0 Å². The van der Waals surface area contributed by atoms with Gasteiger partial charge in [0, 0.05) is 0 Å². The fourth-order valence-corrected chi connectivity index (χ4v) is 2.81. The molecule has 0 unspecified atom stereocenters. The lowest BCUT2D eigenvalue weighted by molar-refractivity contribution is -0.0455. The van der Waals surface area contributed by atoms with Gasteiger partial charge < -0.3 is 20.3 Å². The Hall–Kier alpha value is -2.13. The summed E-state index contributed by atoms with van der Waals surface area (Å²) in [4.78, 5) is 7.79. The number of aliphatic hydroxyl groups is 1. The number of hydrogen-bond donors (Lipinski definition) is 3. The van der Waals surface area contributed by atoms with Crippen LogP contribution in [0.15, 0.2) is 6.33 Å². The van der Waals surface area contributed by atoms with Crippen LogP contribution in [0.2, 0.25) is 0 Å². The summed E-state index contributed by atoms with van der Waals surface area (Å²) in [6, 6.07) is 0. The van der Waals surface area contributed by atoms with Gasteiger partial charge in [0.05, 0.1) is 13.7 Å². The molecule has 0 spiro atoms. The van der Waals surface area contributed by atoms with Gasteiger partial charge in [0.1, 0.15) is 29.7 Å². The normalized spacial score (nSPS) is 27.0. The molecule has 0 aliphatic carbocycles. The zero-order valence-corrected chi connectivity index (χ0v) is 13.6. The van der Waals surface area contributed by atoms with Gasteiger partial charge in [-0.3, -0.25) is 4.18 Å². The van der Waals surface area contributed by atoms with Gasteiger partial charge in [-0.25, -0.2) is 24.2 Å². The molecule has 138 valence electrons. The standard InChI is InChI=1S/C11H15FN6O6S/c1-22-10-5-8(13)15-3-16-9(5)18(17-10)11-6(12)7(19)4(24-11)2-23-25(14,20)21/h3-4,6-7,11,19H,2H2,1H3,(H2,13,15,16)(H2,14,20,21)/t4-,6+,7-,11-/m1/s1. The van der Waals surface area contributed by atoms with Gasteiger partial charge in [0.15, 0.2) is 18.0 Å². The summed E-state index contributed by atoms with van der Waals surface area (Å²) in [6.45, 7) is -0.662. The molecular weight excluding hydrogens is 363 g/mol. The second-order valence-electron chi connectivity index (χ2n) is 5.19. The summed E-state index contributed by atoms with van der Waals surface area (Å²) < 4.78 is 52.0. The molecule has 5 N–H and O–H groups in total. The minimum Gasteiger partial charge on any atom is -0.479 e. The molecular formula is C11H15FN6O6S. The molecule has 3 rings (SSSR count). The average molecular weight is 378 g/mol. The van der Waals surface area contributed by atoms with Crippen LogP contribution in [0.25, 0.3) is 11.0 Å². The Morgan fingerprint density at radius 3 is 2.84 bits per heavy atom. The molecule has 4 atom stereocenters. The molecule has 1 saturated heterocycles. The number of rotatable bonds is 5. The molecule has 2 aromatic heterocycles. The minimum atomic E-state index is -4.27. The van der Waals surface area contributed by atoms with Crippen molar-refractivity contribution in [3.8, 4) is 5.88 Å². The van der Waals surface area contributed by atoms with Gasteiger partial charge >= 0.3 is 10.3 Å². The van der Waals surface area contributed by atoms with E-state index >= 15 is 0 Å². The van der Waals surface area contributed by atoms with Crippen LogP contribution in [0, 0.1) is 0 Å². The van der Waals surface area contributed by atoms with E-state index in [1.807, 2.05) is 0 Å². The lowest BCUT2D eigenvalue weighted by Crippen LogP contribution is -2.33. The number of nitrogens with two attached hydrogens (primary N) is 2. The fraction of sp³-hybridized carbons (Fsp3) is 0.545. The number of alkyl halides is 1. The molecule has 12 nitrogen and oxygen atoms in total. The first-order valence-corrected chi connectivity index (χ1v) is 8.37. The molecule has 14 heteroatoms. The topological polar surface area (TPSA) is 178 Å². The van der Waals surface area contributed by atoms with Crippen molar-refractivity contribution in [1.82, 2.24) is 19.7 Å². The monoisotopic (exact) mass is 378 g/mol. The van der Waals surface area contributed by atoms with E-state index in [0.29, 0.717) is 0 Å². The van der Waals surface area contributed by atoms with Crippen molar-refractivity contribution < 1.29 is 31.6 Å². The van der Waals surface area contributed by atoms with E-state index < -0.39 is 41.5 Å². The molecule has 2 aromatic rings. The quantitative estimate of drug-likeness (QED) is 0.539. The number of nitrogen functional groups attached to an aromatic ring is 1. The molecule has 0 radical (unpaired) electrons. The van der Waals surface area contributed by atoms with Crippen molar-refractivity contribution in [1.29, 1.82) is 0 Å². The minimum absolute atomic E-state index is 0.0441. The van der Waals surface area contributed by atoms with E-state index in [1.54, 1.807) is 0 Å². The van der Waals surface area contributed by atoms with E-state index in [-0.39, 0.29) is 22.7 Å². The molecule has 3 heterocycles. The zero-order chi connectivity index (χ0) is 18.4. The Bertz CT molecular complexity index is 891. The Morgan fingerprint density at radius 1 is 1.48 bits per heavy atom. The molecule has 0 saturated carbocycles. The number of hydrogen-bond acceptors (Lipinski definition) is 10. The van der Waals surface area contributed by atoms with Gasteiger partial charge in [0.25, 0.3) is 0 Å². The molecule has 0 amide bonds.